The summed E-state index contributed by atoms with van der Waals surface area (Å²) in [6, 6.07) is 21.6. The third-order valence-electron chi connectivity index (χ3n) is 5.24. The van der Waals surface area contributed by atoms with Gasteiger partial charge in [0.05, 0.1) is 28.8 Å². The van der Waals surface area contributed by atoms with Crippen LogP contribution >= 0.6 is 11.3 Å². The molecule has 0 bridgehead atoms. The van der Waals surface area contributed by atoms with Crippen molar-refractivity contribution in [3.8, 4) is 10.7 Å². The first kappa shape index (κ1) is 20.8. The van der Waals surface area contributed by atoms with Crippen molar-refractivity contribution in [1.29, 1.82) is 0 Å². The monoisotopic (exact) mass is 454 g/mol. The summed E-state index contributed by atoms with van der Waals surface area (Å²) in [5, 5.41) is 4.17. The number of rotatable bonds is 7. The van der Waals surface area contributed by atoms with Crippen LogP contribution in [0.15, 0.2) is 85.3 Å². The van der Waals surface area contributed by atoms with E-state index in [2.05, 4.69) is 27.4 Å². The van der Waals surface area contributed by atoms with E-state index in [4.69, 9.17) is 4.98 Å². The Morgan fingerprint density at radius 3 is 2.67 bits per heavy atom. The summed E-state index contributed by atoms with van der Waals surface area (Å²) in [5.41, 5.74) is 3.19. The van der Waals surface area contributed by atoms with Crippen LogP contribution in [-0.2, 0) is 13.1 Å². The molecule has 5 aromatic rings. The topological polar surface area (TPSA) is 75.4 Å². The number of hydrogen-bond donors (Lipinski definition) is 1. The van der Waals surface area contributed by atoms with Crippen molar-refractivity contribution in [3.63, 3.8) is 0 Å². The van der Waals surface area contributed by atoms with E-state index in [9.17, 15) is 4.79 Å². The van der Waals surface area contributed by atoms with E-state index in [0.717, 1.165) is 21.2 Å². The Morgan fingerprint density at radius 2 is 1.85 bits per heavy atom. The van der Waals surface area contributed by atoms with Crippen LogP contribution in [0.25, 0.3) is 16.2 Å². The summed E-state index contributed by atoms with van der Waals surface area (Å²) in [5.74, 6) is 0.549. The van der Waals surface area contributed by atoms with Gasteiger partial charge in [0, 0.05) is 26.0 Å². The molecule has 1 amide bonds. The van der Waals surface area contributed by atoms with E-state index in [1.54, 1.807) is 24.3 Å². The highest BCUT2D eigenvalue weighted by Crippen LogP contribution is 2.30. The zero-order valence-corrected chi connectivity index (χ0v) is 18.9. The van der Waals surface area contributed by atoms with E-state index < -0.39 is 0 Å². The lowest BCUT2D eigenvalue weighted by Gasteiger charge is -2.15. The van der Waals surface area contributed by atoms with Crippen LogP contribution in [0.2, 0.25) is 0 Å². The first-order chi connectivity index (χ1) is 16.2. The average Bonchev–Trinajstić information content (AvgIpc) is 3.48. The maximum atomic E-state index is 13.3. The van der Waals surface area contributed by atoms with Gasteiger partial charge < -0.3 is 10.2 Å². The normalized spacial score (nSPS) is 10.9. The molecule has 1 N–H and O–H groups in total. The molecule has 0 radical (unpaired) electrons. The predicted octanol–water partition coefficient (Wildman–Crippen LogP) is 4.74. The Labute approximate surface area is 195 Å². The Balaban J connectivity index is 1.41. The number of pyridine rings is 2. The minimum atomic E-state index is -0.150. The Bertz CT molecular complexity index is 1380. The van der Waals surface area contributed by atoms with E-state index in [1.807, 2.05) is 65.2 Å². The number of anilines is 1. The van der Waals surface area contributed by atoms with Crippen LogP contribution in [-0.4, -0.2) is 37.2 Å². The number of amides is 1. The molecule has 164 valence electrons. The van der Waals surface area contributed by atoms with Crippen LogP contribution in [0.1, 0.15) is 21.7 Å². The number of nitrogens with zero attached hydrogens (tertiary/aromatic N) is 5. The van der Waals surface area contributed by atoms with Crippen molar-refractivity contribution < 1.29 is 4.79 Å². The molecule has 4 aromatic heterocycles. The van der Waals surface area contributed by atoms with Crippen molar-refractivity contribution in [2.45, 2.75) is 13.1 Å². The van der Waals surface area contributed by atoms with Gasteiger partial charge in [-0.05, 0) is 29.8 Å². The first-order valence-corrected chi connectivity index (χ1v) is 11.4. The van der Waals surface area contributed by atoms with Gasteiger partial charge in [-0.25, -0.2) is 9.97 Å². The van der Waals surface area contributed by atoms with Crippen LogP contribution in [0, 0.1) is 0 Å². The molecule has 0 saturated carbocycles. The molecule has 33 heavy (non-hydrogen) atoms. The van der Waals surface area contributed by atoms with Gasteiger partial charge in [-0.1, -0.05) is 53.8 Å². The highest BCUT2D eigenvalue weighted by molar-refractivity contribution is 7.18. The summed E-state index contributed by atoms with van der Waals surface area (Å²) >= 11 is 1.52. The molecular weight excluding hydrogens is 432 g/mol. The quantitative estimate of drug-likeness (QED) is 0.385. The van der Waals surface area contributed by atoms with Crippen molar-refractivity contribution >= 4 is 27.9 Å². The van der Waals surface area contributed by atoms with Crippen molar-refractivity contribution in [2.75, 3.05) is 12.4 Å². The number of carbonyl (C=O) groups is 1. The molecule has 0 atom stereocenters. The van der Waals surface area contributed by atoms with Crippen molar-refractivity contribution in [1.82, 2.24) is 24.3 Å². The molecule has 0 saturated heterocycles. The van der Waals surface area contributed by atoms with Crippen LogP contribution in [0.3, 0.4) is 0 Å². The molecule has 4 heterocycles. The number of carbonyl (C=O) groups excluding carboxylic acids is 1. The highest BCUT2D eigenvalue weighted by atomic mass is 32.1. The number of thiazole rings is 1. The second-order valence-corrected chi connectivity index (χ2v) is 8.62. The number of hydrogen-bond acceptors (Lipinski definition) is 6. The molecule has 1 aromatic carbocycles. The summed E-state index contributed by atoms with van der Waals surface area (Å²) in [7, 11) is 1.77. The van der Waals surface area contributed by atoms with Gasteiger partial charge in [0.25, 0.3) is 5.91 Å². The molecule has 7 nitrogen and oxygen atoms in total. The van der Waals surface area contributed by atoms with Crippen molar-refractivity contribution in [3.05, 3.63) is 102 Å². The number of imidazole rings is 1. The molecular formula is C25H22N6OS. The summed E-state index contributed by atoms with van der Waals surface area (Å²) < 4.78 is 1.94. The molecule has 0 aliphatic rings. The fourth-order valence-corrected chi connectivity index (χ4v) is 4.39. The Morgan fingerprint density at radius 1 is 1.03 bits per heavy atom. The largest absolute Gasteiger partial charge is 0.357 e. The first-order valence-electron chi connectivity index (χ1n) is 10.6. The number of benzene rings is 1. The highest BCUT2D eigenvalue weighted by Gasteiger charge is 2.22. The number of fused-ring (bicyclic) bond motifs is 1. The molecule has 5 rings (SSSR count). The lowest BCUT2D eigenvalue weighted by atomic mass is 10.2. The Hall–Kier alpha value is -4.04. The third kappa shape index (κ3) is 4.47. The minimum Gasteiger partial charge on any atom is -0.357 e. The molecule has 8 heteroatoms. The van der Waals surface area contributed by atoms with E-state index in [-0.39, 0.29) is 5.91 Å². The molecule has 0 spiro atoms. The summed E-state index contributed by atoms with van der Waals surface area (Å²) in [6.07, 6.45) is 5.45. The summed E-state index contributed by atoms with van der Waals surface area (Å²) in [6.45, 7) is 1.10. The van der Waals surface area contributed by atoms with Gasteiger partial charge in [-0.2, -0.15) is 0 Å². The number of aromatic nitrogens is 4. The summed E-state index contributed by atoms with van der Waals surface area (Å²) in [4.78, 5) is 29.4. The lowest BCUT2D eigenvalue weighted by molar-refractivity contribution is 0.0780. The second-order valence-electron chi connectivity index (χ2n) is 7.59. The van der Waals surface area contributed by atoms with Crippen LogP contribution in [0.4, 0.5) is 5.13 Å². The molecule has 0 aliphatic carbocycles. The predicted molar refractivity (Wildman–Crippen MR) is 130 cm³/mol. The Kier molecular flexibility index (Phi) is 5.82. The fraction of sp³-hybridized carbons (Fsp3) is 0.120. The maximum Gasteiger partial charge on any atom is 0.274 e. The van der Waals surface area contributed by atoms with E-state index in [0.29, 0.717) is 24.6 Å². The minimum absolute atomic E-state index is 0.150. The third-order valence-corrected chi connectivity index (χ3v) is 6.19. The van der Waals surface area contributed by atoms with Gasteiger partial charge in [0.15, 0.2) is 16.6 Å². The van der Waals surface area contributed by atoms with Gasteiger partial charge in [-0.15, -0.1) is 0 Å². The maximum absolute atomic E-state index is 13.3. The molecule has 0 aliphatic heterocycles. The smallest absolute Gasteiger partial charge is 0.274 e. The number of nitrogens with one attached hydrogen (secondary N) is 1. The molecule has 0 unspecified atom stereocenters. The standard InChI is InChI=1S/C25H22N6OS/c1-30(17-19-11-5-7-13-26-19)24(32)22-20-12-6-8-14-31(20)23(29-22)21-16-28-25(33-21)27-15-18-9-3-2-4-10-18/h2-14,16H,15,17H2,1H3,(H,27,28). The van der Waals surface area contributed by atoms with Gasteiger partial charge >= 0.3 is 0 Å². The van der Waals surface area contributed by atoms with Gasteiger partial charge in [-0.3, -0.25) is 14.2 Å². The van der Waals surface area contributed by atoms with Crippen molar-refractivity contribution in [2.24, 2.45) is 0 Å². The zero-order chi connectivity index (χ0) is 22.6. The van der Waals surface area contributed by atoms with Gasteiger partial charge in [0.2, 0.25) is 0 Å². The fourth-order valence-electron chi connectivity index (χ4n) is 3.59. The van der Waals surface area contributed by atoms with Gasteiger partial charge in [0.1, 0.15) is 0 Å². The second kappa shape index (κ2) is 9.22. The van der Waals surface area contributed by atoms with Crippen LogP contribution in [0.5, 0.6) is 0 Å². The lowest BCUT2D eigenvalue weighted by Crippen LogP contribution is -2.27. The SMILES string of the molecule is CN(Cc1ccccn1)C(=O)c1nc(-c2cnc(NCc3ccccc3)s2)n2ccccc12. The van der Waals surface area contributed by atoms with E-state index in [1.165, 1.54) is 16.9 Å². The average molecular weight is 455 g/mol. The zero-order valence-electron chi connectivity index (χ0n) is 18.0. The van der Waals surface area contributed by atoms with Crippen LogP contribution < -0.4 is 5.32 Å². The molecule has 0 fully saturated rings. The van der Waals surface area contributed by atoms with E-state index >= 15 is 0 Å².